The highest BCUT2D eigenvalue weighted by Gasteiger charge is 2.30. The first-order valence-corrected chi connectivity index (χ1v) is 8.60. The van der Waals surface area contributed by atoms with Gasteiger partial charge in [0.15, 0.2) is 5.65 Å². The number of carbonyl (C=O) groups excluding carboxylic acids is 1. The first kappa shape index (κ1) is 19.7. The molecule has 2 aromatic heterocycles. The number of nitrogens with one attached hydrogen (secondary N) is 1. The van der Waals surface area contributed by atoms with Gasteiger partial charge in [-0.05, 0) is 57.0 Å². The fraction of sp³-hybridized carbons (Fsp3) is 0.316. The maximum absolute atomic E-state index is 12.2. The Kier molecular flexibility index (Phi) is 5.26. The molecule has 1 amide bonds. The highest BCUT2D eigenvalue weighted by atomic mass is 19.4. The number of aromatic nitrogens is 3. The highest BCUT2D eigenvalue weighted by molar-refractivity contribution is 5.90. The zero-order valence-corrected chi connectivity index (χ0v) is 15.6. The zero-order valence-electron chi connectivity index (χ0n) is 15.6. The summed E-state index contributed by atoms with van der Waals surface area (Å²) >= 11 is 0. The van der Waals surface area contributed by atoms with Crippen LogP contribution in [0.25, 0.3) is 5.65 Å². The second kappa shape index (κ2) is 7.49. The van der Waals surface area contributed by atoms with E-state index in [1.165, 1.54) is 12.1 Å². The number of nitrogens with zero attached hydrogens (tertiary/aromatic N) is 3. The number of benzene rings is 1. The molecule has 0 fully saturated rings. The standard InChI is InChI=1S/C19H19F3N4O2/c1-11-10-17-23-12(2)16(13(3)26(17)25-11)8-9-18(27)24-14-4-6-15(7-5-14)28-19(20,21)22/h4-7,10H,8-9H2,1-3H3,(H,24,27). The average Bonchev–Trinajstić information content (AvgIpc) is 2.95. The Labute approximate surface area is 159 Å². The molecular formula is C19H19F3N4O2. The number of aryl methyl sites for hydroxylation is 3. The summed E-state index contributed by atoms with van der Waals surface area (Å²) in [7, 11) is 0. The van der Waals surface area contributed by atoms with Crippen LogP contribution in [0.4, 0.5) is 18.9 Å². The number of anilines is 1. The van der Waals surface area contributed by atoms with E-state index in [4.69, 9.17) is 0 Å². The molecule has 0 saturated carbocycles. The largest absolute Gasteiger partial charge is 0.573 e. The topological polar surface area (TPSA) is 68.5 Å². The summed E-state index contributed by atoms with van der Waals surface area (Å²) in [5, 5.41) is 7.07. The fourth-order valence-electron chi connectivity index (χ4n) is 3.00. The highest BCUT2D eigenvalue weighted by Crippen LogP contribution is 2.24. The lowest BCUT2D eigenvalue weighted by Crippen LogP contribution is -2.17. The SMILES string of the molecule is Cc1cc2nc(C)c(CCC(=O)Nc3ccc(OC(F)(F)F)cc3)c(C)n2n1. The van der Waals surface area contributed by atoms with E-state index in [0.717, 1.165) is 40.4 Å². The van der Waals surface area contributed by atoms with Gasteiger partial charge < -0.3 is 10.1 Å². The van der Waals surface area contributed by atoms with Crippen LogP contribution >= 0.6 is 0 Å². The average molecular weight is 392 g/mol. The van der Waals surface area contributed by atoms with Gasteiger partial charge in [-0.1, -0.05) is 0 Å². The quantitative estimate of drug-likeness (QED) is 0.709. The Morgan fingerprint density at radius 2 is 1.86 bits per heavy atom. The molecule has 0 atom stereocenters. The summed E-state index contributed by atoms with van der Waals surface area (Å²) in [4.78, 5) is 16.7. The molecule has 9 heteroatoms. The molecular weight excluding hydrogens is 373 g/mol. The molecule has 0 unspecified atom stereocenters. The van der Waals surface area contributed by atoms with E-state index in [9.17, 15) is 18.0 Å². The third kappa shape index (κ3) is 4.59. The van der Waals surface area contributed by atoms with E-state index in [1.807, 2.05) is 26.8 Å². The molecule has 0 bridgehead atoms. The molecule has 0 saturated heterocycles. The molecule has 3 aromatic rings. The Morgan fingerprint density at radius 3 is 2.50 bits per heavy atom. The van der Waals surface area contributed by atoms with E-state index in [-0.39, 0.29) is 18.1 Å². The molecule has 1 aromatic carbocycles. The Bertz CT molecular complexity index is 1010. The van der Waals surface area contributed by atoms with Crippen LogP contribution < -0.4 is 10.1 Å². The first-order valence-electron chi connectivity index (χ1n) is 8.60. The Hall–Kier alpha value is -3.10. The van der Waals surface area contributed by atoms with Crippen molar-refractivity contribution in [3.05, 3.63) is 53.0 Å². The summed E-state index contributed by atoms with van der Waals surface area (Å²) < 4.78 is 42.1. The lowest BCUT2D eigenvalue weighted by molar-refractivity contribution is -0.274. The van der Waals surface area contributed by atoms with Crippen molar-refractivity contribution < 1.29 is 22.7 Å². The van der Waals surface area contributed by atoms with Crippen molar-refractivity contribution in [2.75, 3.05) is 5.32 Å². The third-order valence-electron chi connectivity index (χ3n) is 4.26. The molecule has 1 N–H and O–H groups in total. The molecule has 28 heavy (non-hydrogen) atoms. The van der Waals surface area contributed by atoms with E-state index < -0.39 is 6.36 Å². The second-order valence-electron chi connectivity index (χ2n) is 6.44. The number of halogens is 3. The zero-order chi connectivity index (χ0) is 20.5. The predicted octanol–water partition coefficient (Wildman–Crippen LogP) is 4.12. The van der Waals surface area contributed by atoms with Crippen molar-refractivity contribution in [1.82, 2.24) is 14.6 Å². The van der Waals surface area contributed by atoms with Gasteiger partial charge in [-0.15, -0.1) is 13.2 Å². The van der Waals surface area contributed by atoms with Gasteiger partial charge >= 0.3 is 6.36 Å². The van der Waals surface area contributed by atoms with Crippen LogP contribution in [-0.2, 0) is 11.2 Å². The molecule has 3 rings (SSSR count). The minimum absolute atomic E-state index is 0.204. The first-order chi connectivity index (χ1) is 13.1. The Morgan fingerprint density at radius 1 is 1.18 bits per heavy atom. The van der Waals surface area contributed by atoms with Crippen LogP contribution in [0.3, 0.4) is 0 Å². The van der Waals surface area contributed by atoms with Gasteiger partial charge in [0.25, 0.3) is 0 Å². The minimum Gasteiger partial charge on any atom is -0.406 e. The number of amides is 1. The molecule has 2 heterocycles. The van der Waals surface area contributed by atoms with E-state index in [1.54, 1.807) is 4.52 Å². The maximum Gasteiger partial charge on any atom is 0.573 e. The van der Waals surface area contributed by atoms with Gasteiger partial charge in [0.05, 0.1) is 5.69 Å². The molecule has 0 aliphatic rings. The number of alkyl halides is 3. The monoisotopic (exact) mass is 392 g/mol. The van der Waals surface area contributed by atoms with Crippen molar-refractivity contribution in [2.24, 2.45) is 0 Å². The van der Waals surface area contributed by atoms with Crippen LogP contribution in [0, 0.1) is 20.8 Å². The molecule has 148 valence electrons. The number of rotatable bonds is 5. The summed E-state index contributed by atoms with van der Waals surface area (Å²) in [6.07, 6.45) is -4.07. The van der Waals surface area contributed by atoms with Crippen molar-refractivity contribution in [3.8, 4) is 5.75 Å². The van der Waals surface area contributed by atoms with Gasteiger partial charge in [0, 0.05) is 29.6 Å². The van der Waals surface area contributed by atoms with Gasteiger partial charge in [0.1, 0.15) is 5.75 Å². The molecule has 0 radical (unpaired) electrons. The fourth-order valence-corrected chi connectivity index (χ4v) is 3.00. The predicted molar refractivity (Wildman–Crippen MR) is 97.3 cm³/mol. The summed E-state index contributed by atoms with van der Waals surface area (Å²) in [5.41, 5.74) is 4.73. The van der Waals surface area contributed by atoms with Crippen molar-refractivity contribution in [3.63, 3.8) is 0 Å². The number of carbonyl (C=O) groups is 1. The van der Waals surface area contributed by atoms with Crippen LogP contribution in [0.5, 0.6) is 5.75 Å². The minimum atomic E-state index is -4.75. The van der Waals surface area contributed by atoms with E-state index >= 15 is 0 Å². The van der Waals surface area contributed by atoms with E-state index in [2.05, 4.69) is 20.1 Å². The van der Waals surface area contributed by atoms with Gasteiger partial charge in [0.2, 0.25) is 5.91 Å². The van der Waals surface area contributed by atoms with E-state index in [0.29, 0.717) is 12.1 Å². The van der Waals surface area contributed by atoms with Crippen LogP contribution in [0.2, 0.25) is 0 Å². The number of fused-ring (bicyclic) bond motifs is 1. The number of hydrogen-bond donors (Lipinski definition) is 1. The van der Waals surface area contributed by atoms with Gasteiger partial charge in [-0.2, -0.15) is 5.10 Å². The van der Waals surface area contributed by atoms with Crippen molar-refractivity contribution in [2.45, 2.75) is 40.0 Å². The second-order valence-corrected chi connectivity index (χ2v) is 6.44. The van der Waals surface area contributed by atoms with Crippen molar-refractivity contribution in [1.29, 1.82) is 0 Å². The maximum atomic E-state index is 12.2. The summed E-state index contributed by atoms with van der Waals surface area (Å²) in [5.74, 6) is -0.592. The number of hydrogen-bond acceptors (Lipinski definition) is 4. The normalized spacial score (nSPS) is 11.6. The molecule has 0 aliphatic carbocycles. The third-order valence-corrected chi connectivity index (χ3v) is 4.26. The van der Waals surface area contributed by atoms with Crippen LogP contribution in [-0.4, -0.2) is 26.9 Å². The van der Waals surface area contributed by atoms with Crippen LogP contribution in [0.1, 0.15) is 29.1 Å². The summed E-state index contributed by atoms with van der Waals surface area (Å²) in [6, 6.07) is 6.90. The smallest absolute Gasteiger partial charge is 0.406 e. The number of ether oxygens (including phenoxy) is 1. The van der Waals surface area contributed by atoms with Gasteiger partial charge in [-0.25, -0.2) is 9.50 Å². The van der Waals surface area contributed by atoms with Crippen molar-refractivity contribution >= 4 is 17.2 Å². The van der Waals surface area contributed by atoms with Gasteiger partial charge in [-0.3, -0.25) is 4.79 Å². The molecule has 0 aliphatic heterocycles. The molecule has 0 spiro atoms. The summed E-state index contributed by atoms with van der Waals surface area (Å²) in [6.45, 7) is 5.71. The lowest BCUT2D eigenvalue weighted by atomic mass is 10.1. The Balaban J connectivity index is 1.64. The van der Waals surface area contributed by atoms with Crippen LogP contribution in [0.15, 0.2) is 30.3 Å². The lowest BCUT2D eigenvalue weighted by Gasteiger charge is -2.12. The molecule has 6 nitrogen and oxygen atoms in total.